The Labute approximate surface area is 133 Å². The molecule has 1 amide bonds. The van der Waals surface area contributed by atoms with Crippen LogP contribution in [0.15, 0.2) is 28.8 Å². The second-order valence-electron chi connectivity index (χ2n) is 5.09. The van der Waals surface area contributed by atoms with E-state index in [0.29, 0.717) is 11.3 Å². The predicted octanol–water partition coefficient (Wildman–Crippen LogP) is 2.57. The van der Waals surface area contributed by atoms with Crippen LogP contribution in [0.4, 0.5) is 5.82 Å². The van der Waals surface area contributed by atoms with Gasteiger partial charge in [-0.1, -0.05) is 24.2 Å². The Morgan fingerprint density at radius 3 is 2.74 bits per heavy atom. The summed E-state index contributed by atoms with van der Waals surface area (Å²) in [7, 11) is 0. The van der Waals surface area contributed by atoms with Gasteiger partial charge >= 0.3 is 5.97 Å². The minimum atomic E-state index is -1.00. The van der Waals surface area contributed by atoms with Gasteiger partial charge in [-0.2, -0.15) is 0 Å². The first-order valence-corrected chi connectivity index (χ1v) is 7.16. The summed E-state index contributed by atoms with van der Waals surface area (Å²) in [6.07, 6.45) is -0.722. The smallest absolute Gasteiger partial charge is 0.342 e. The highest BCUT2D eigenvalue weighted by Gasteiger charge is 2.24. The van der Waals surface area contributed by atoms with E-state index in [1.54, 1.807) is 39.0 Å². The Bertz CT molecular complexity index is 723. The number of amides is 1. The van der Waals surface area contributed by atoms with E-state index >= 15 is 0 Å². The molecule has 1 atom stereocenters. The molecule has 1 unspecified atom stereocenters. The normalized spacial score (nSPS) is 11.8. The predicted molar refractivity (Wildman–Crippen MR) is 82.2 cm³/mol. The van der Waals surface area contributed by atoms with E-state index in [4.69, 9.17) is 9.26 Å². The first-order valence-electron chi connectivity index (χ1n) is 7.16. The lowest BCUT2D eigenvalue weighted by atomic mass is 10.1. The molecule has 2 aromatic rings. The first kappa shape index (κ1) is 16.5. The van der Waals surface area contributed by atoms with Crippen molar-refractivity contribution in [3.63, 3.8) is 0 Å². The molecule has 0 saturated carbocycles. The molecule has 1 aromatic heterocycles. The summed E-state index contributed by atoms with van der Waals surface area (Å²) in [5.41, 5.74) is 0.573. The van der Waals surface area contributed by atoms with Crippen molar-refractivity contribution in [2.75, 3.05) is 5.32 Å². The molecule has 23 heavy (non-hydrogen) atoms. The van der Waals surface area contributed by atoms with Gasteiger partial charge in [-0.25, -0.2) is 4.79 Å². The van der Waals surface area contributed by atoms with Crippen LogP contribution in [0.1, 0.15) is 35.0 Å². The highest BCUT2D eigenvalue weighted by molar-refractivity contribution is 5.98. The second-order valence-corrected chi connectivity index (χ2v) is 5.09. The van der Waals surface area contributed by atoms with Gasteiger partial charge in [0.1, 0.15) is 17.1 Å². The van der Waals surface area contributed by atoms with Gasteiger partial charge in [-0.05, 0) is 31.9 Å². The zero-order valence-electron chi connectivity index (χ0n) is 13.1. The molecule has 1 aromatic carbocycles. The van der Waals surface area contributed by atoms with E-state index in [-0.39, 0.29) is 23.6 Å². The van der Waals surface area contributed by atoms with E-state index in [1.165, 1.54) is 6.07 Å². The quantitative estimate of drug-likeness (QED) is 0.822. The molecule has 0 radical (unpaired) electrons. The summed E-state index contributed by atoms with van der Waals surface area (Å²) in [6, 6.07) is 6.29. The molecule has 0 aliphatic rings. The second kappa shape index (κ2) is 6.95. The third kappa shape index (κ3) is 3.88. The van der Waals surface area contributed by atoms with Crippen LogP contribution in [0.5, 0.6) is 5.75 Å². The number of hydrogen-bond donors (Lipinski definition) is 2. The number of esters is 1. The molecule has 7 heteroatoms. The van der Waals surface area contributed by atoms with Crippen molar-refractivity contribution in [2.45, 2.75) is 33.3 Å². The zero-order chi connectivity index (χ0) is 17.0. The minimum absolute atomic E-state index is 0.0218. The number of para-hydroxylation sites is 1. The molecule has 0 fully saturated rings. The number of carbonyl (C=O) groups is 2. The summed E-state index contributed by atoms with van der Waals surface area (Å²) in [5.74, 6) is -0.624. The van der Waals surface area contributed by atoms with E-state index in [0.717, 1.165) is 0 Å². The van der Waals surface area contributed by atoms with Crippen molar-refractivity contribution in [2.24, 2.45) is 0 Å². The van der Waals surface area contributed by atoms with Crippen LogP contribution < -0.4 is 5.32 Å². The molecule has 0 bridgehead atoms. The number of nitrogens with zero attached hydrogens (tertiary/aromatic N) is 1. The number of phenolic OH excluding ortho intramolecular Hbond substituents is 1. The van der Waals surface area contributed by atoms with E-state index in [1.807, 2.05) is 0 Å². The van der Waals surface area contributed by atoms with Crippen LogP contribution in [0, 0.1) is 13.8 Å². The molecule has 1 heterocycles. The Morgan fingerprint density at radius 1 is 1.39 bits per heavy atom. The van der Waals surface area contributed by atoms with Gasteiger partial charge in [0, 0.05) is 6.07 Å². The fraction of sp³-hybridized carbons (Fsp3) is 0.312. The number of aromatic nitrogens is 1. The standard InChI is InChI=1S/C16H18N2O5/c1-4-12(15(20)17-13-8-10(3)23-18-13)22-16(21)11-7-5-6-9(2)14(11)19/h5-8,12,19H,4H2,1-3H3,(H,17,18,20). The van der Waals surface area contributed by atoms with Crippen LogP contribution in [0.25, 0.3) is 0 Å². The number of rotatable bonds is 5. The van der Waals surface area contributed by atoms with Gasteiger partial charge in [-0.15, -0.1) is 0 Å². The number of anilines is 1. The summed E-state index contributed by atoms with van der Waals surface area (Å²) < 4.78 is 10.0. The minimum Gasteiger partial charge on any atom is -0.507 e. The zero-order valence-corrected chi connectivity index (χ0v) is 13.1. The van der Waals surface area contributed by atoms with Gasteiger partial charge in [0.25, 0.3) is 5.91 Å². The van der Waals surface area contributed by atoms with E-state index in [2.05, 4.69) is 10.5 Å². The number of nitrogens with one attached hydrogen (secondary N) is 1. The molecule has 2 rings (SSSR count). The van der Waals surface area contributed by atoms with Crippen molar-refractivity contribution in [1.82, 2.24) is 5.16 Å². The Kier molecular flexibility index (Phi) is 5.00. The van der Waals surface area contributed by atoms with Crippen LogP contribution >= 0.6 is 0 Å². The van der Waals surface area contributed by atoms with Gasteiger partial charge < -0.3 is 19.7 Å². The monoisotopic (exact) mass is 318 g/mol. The maximum atomic E-state index is 12.2. The molecule has 0 aliphatic heterocycles. The SMILES string of the molecule is CCC(OC(=O)c1cccc(C)c1O)C(=O)Nc1cc(C)on1. The Morgan fingerprint density at radius 2 is 2.13 bits per heavy atom. The number of aromatic hydroxyl groups is 1. The van der Waals surface area contributed by atoms with Gasteiger partial charge in [0.05, 0.1) is 0 Å². The average Bonchev–Trinajstić information content (AvgIpc) is 2.92. The average molecular weight is 318 g/mol. The van der Waals surface area contributed by atoms with Crippen molar-refractivity contribution >= 4 is 17.7 Å². The summed E-state index contributed by atoms with van der Waals surface area (Å²) in [6.45, 7) is 5.07. The lowest BCUT2D eigenvalue weighted by Gasteiger charge is -2.15. The third-order valence-electron chi connectivity index (χ3n) is 3.25. The number of carbonyl (C=O) groups excluding carboxylic acids is 2. The molecule has 0 aliphatic carbocycles. The van der Waals surface area contributed by atoms with E-state index < -0.39 is 18.0 Å². The molecule has 2 N–H and O–H groups in total. The van der Waals surface area contributed by atoms with E-state index in [9.17, 15) is 14.7 Å². The van der Waals surface area contributed by atoms with Crippen molar-refractivity contribution < 1.29 is 24.0 Å². The van der Waals surface area contributed by atoms with Gasteiger partial charge in [-0.3, -0.25) is 4.79 Å². The number of phenols is 1. The van der Waals surface area contributed by atoms with Crippen LogP contribution in [-0.2, 0) is 9.53 Å². The fourth-order valence-corrected chi connectivity index (χ4v) is 1.97. The molecular formula is C16H18N2O5. The molecule has 7 nitrogen and oxygen atoms in total. The maximum Gasteiger partial charge on any atom is 0.342 e. The largest absolute Gasteiger partial charge is 0.507 e. The van der Waals surface area contributed by atoms with Crippen LogP contribution in [0.3, 0.4) is 0 Å². The maximum absolute atomic E-state index is 12.2. The fourth-order valence-electron chi connectivity index (χ4n) is 1.97. The Balaban J connectivity index is 2.07. The number of benzene rings is 1. The molecule has 0 saturated heterocycles. The Hall–Kier alpha value is -2.83. The molecular weight excluding hydrogens is 300 g/mol. The topological polar surface area (TPSA) is 102 Å². The highest BCUT2D eigenvalue weighted by Crippen LogP contribution is 2.23. The summed E-state index contributed by atoms with van der Waals surface area (Å²) in [4.78, 5) is 24.3. The summed E-state index contributed by atoms with van der Waals surface area (Å²) >= 11 is 0. The lowest BCUT2D eigenvalue weighted by Crippen LogP contribution is -2.32. The van der Waals surface area contributed by atoms with Crippen LogP contribution in [0.2, 0.25) is 0 Å². The van der Waals surface area contributed by atoms with Crippen molar-refractivity contribution in [1.29, 1.82) is 0 Å². The number of aryl methyl sites for hydroxylation is 2. The van der Waals surface area contributed by atoms with Gasteiger partial charge in [0.2, 0.25) is 0 Å². The lowest BCUT2D eigenvalue weighted by molar-refractivity contribution is -0.124. The number of ether oxygens (including phenoxy) is 1. The highest BCUT2D eigenvalue weighted by atomic mass is 16.5. The van der Waals surface area contributed by atoms with Crippen molar-refractivity contribution in [3.8, 4) is 5.75 Å². The van der Waals surface area contributed by atoms with Crippen LogP contribution in [-0.4, -0.2) is 28.2 Å². The third-order valence-corrected chi connectivity index (χ3v) is 3.25. The van der Waals surface area contributed by atoms with Gasteiger partial charge in [0.15, 0.2) is 11.9 Å². The summed E-state index contributed by atoms with van der Waals surface area (Å²) in [5, 5.41) is 16.1. The van der Waals surface area contributed by atoms with Crippen molar-refractivity contribution in [3.05, 3.63) is 41.2 Å². The first-order chi connectivity index (χ1) is 10.9. The molecule has 122 valence electrons. The number of hydrogen-bond acceptors (Lipinski definition) is 6. The molecule has 0 spiro atoms.